The summed E-state index contributed by atoms with van der Waals surface area (Å²) in [4.78, 5) is 0. The second-order valence-electron chi connectivity index (χ2n) is 4.79. The minimum Gasteiger partial charge on any atom is -0.494 e. The topological polar surface area (TPSA) is 9.23 Å². The third-order valence-electron chi connectivity index (χ3n) is 3.14. The van der Waals surface area contributed by atoms with Crippen molar-refractivity contribution in [2.45, 2.75) is 25.1 Å². The predicted octanol–water partition coefficient (Wildman–Crippen LogP) is 5.28. The van der Waals surface area contributed by atoms with E-state index in [1.54, 1.807) is 0 Å². The molecule has 0 aliphatic carbocycles. The minimum atomic E-state index is -0.570. The monoisotopic (exact) mass is 310 g/mol. The Bertz CT molecular complexity index is 581. The molecule has 112 valence electrons. The van der Waals surface area contributed by atoms with Gasteiger partial charge in [-0.3, -0.25) is 0 Å². The molecule has 0 radical (unpaired) electrons. The van der Waals surface area contributed by atoms with Crippen molar-refractivity contribution in [3.05, 3.63) is 65.2 Å². The highest BCUT2D eigenvalue weighted by Crippen LogP contribution is 2.29. The van der Waals surface area contributed by atoms with Crippen LogP contribution in [0.15, 0.2) is 42.5 Å². The van der Waals surface area contributed by atoms with Crippen LogP contribution in [0.1, 0.15) is 29.8 Å². The van der Waals surface area contributed by atoms with E-state index < -0.39 is 17.0 Å². The molecule has 0 fully saturated rings. The second-order valence-corrected chi connectivity index (χ2v) is 5.32. The summed E-state index contributed by atoms with van der Waals surface area (Å²) in [5.74, 6) is -0.424. The van der Waals surface area contributed by atoms with Crippen molar-refractivity contribution in [2.75, 3.05) is 6.61 Å². The molecule has 21 heavy (non-hydrogen) atoms. The second kappa shape index (κ2) is 7.41. The Kier molecular flexibility index (Phi) is 5.57. The molecular weight excluding hydrogens is 294 g/mol. The predicted molar refractivity (Wildman–Crippen MR) is 80.9 cm³/mol. The standard InChI is InChI=1S/C17H17ClF2O/c1-2-9-21-13-6-3-5-12(10-13)15(18)11-14-16(19)7-4-8-17(14)20/h3-8,10,15H,2,9,11H2,1H3. The third-order valence-corrected chi connectivity index (χ3v) is 3.54. The summed E-state index contributed by atoms with van der Waals surface area (Å²) in [6.07, 6.45) is 1.01. The molecule has 2 rings (SSSR count). The van der Waals surface area contributed by atoms with Crippen LogP contribution in [-0.4, -0.2) is 6.61 Å². The normalized spacial score (nSPS) is 12.2. The van der Waals surface area contributed by atoms with Gasteiger partial charge < -0.3 is 4.74 Å². The van der Waals surface area contributed by atoms with Crippen LogP contribution in [0, 0.1) is 11.6 Å². The summed E-state index contributed by atoms with van der Waals surface area (Å²) in [6.45, 7) is 2.65. The lowest BCUT2D eigenvalue weighted by Crippen LogP contribution is -2.02. The summed E-state index contributed by atoms with van der Waals surface area (Å²) >= 11 is 6.30. The maximum absolute atomic E-state index is 13.6. The largest absolute Gasteiger partial charge is 0.494 e. The molecule has 4 heteroatoms. The lowest BCUT2D eigenvalue weighted by atomic mass is 10.0. The number of hydrogen-bond acceptors (Lipinski definition) is 1. The van der Waals surface area contributed by atoms with Crippen LogP contribution in [0.2, 0.25) is 0 Å². The summed E-state index contributed by atoms with van der Waals surface area (Å²) in [5.41, 5.74) is 0.797. The fourth-order valence-corrected chi connectivity index (χ4v) is 2.33. The maximum atomic E-state index is 13.6. The van der Waals surface area contributed by atoms with E-state index in [4.69, 9.17) is 16.3 Å². The first-order valence-electron chi connectivity index (χ1n) is 6.91. The van der Waals surface area contributed by atoms with Crippen molar-refractivity contribution in [3.63, 3.8) is 0 Å². The number of benzene rings is 2. The van der Waals surface area contributed by atoms with Crippen molar-refractivity contribution >= 4 is 11.6 Å². The Morgan fingerprint density at radius 3 is 2.43 bits per heavy atom. The number of alkyl halides is 1. The highest BCUT2D eigenvalue weighted by molar-refractivity contribution is 6.20. The number of rotatable bonds is 6. The van der Waals surface area contributed by atoms with Gasteiger partial charge in [0.2, 0.25) is 0 Å². The van der Waals surface area contributed by atoms with Gasteiger partial charge >= 0.3 is 0 Å². The van der Waals surface area contributed by atoms with Gasteiger partial charge in [-0.15, -0.1) is 11.6 Å². The van der Waals surface area contributed by atoms with Crippen molar-refractivity contribution in [3.8, 4) is 5.75 Å². The molecule has 0 aliphatic rings. The summed E-state index contributed by atoms with van der Waals surface area (Å²) in [6, 6.07) is 11.1. The van der Waals surface area contributed by atoms with E-state index in [-0.39, 0.29) is 12.0 Å². The van der Waals surface area contributed by atoms with Gasteiger partial charge in [0.25, 0.3) is 0 Å². The fraction of sp³-hybridized carbons (Fsp3) is 0.294. The van der Waals surface area contributed by atoms with Gasteiger partial charge in [-0.2, -0.15) is 0 Å². The smallest absolute Gasteiger partial charge is 0.129 e. The Morgan fingerprint density at radius 1 is 1.10 bits per heavy atom. The van der Waals surface area contributed by atoms with E-state index in [9.17, 15) is 8.78 Å². The van der Waals surface area contributed by atoms with Gasteiger partial charge in [0.15, 0.2) is 0 Å². The zero-order valence-electron chi connectivity index (χ0n) is 11.8. The molecule has 1 nitrogen and oxygen atoms in total. The van der Waals surface area contributed by atoms with E-state index in [1.165, 1.54) is 18.2 Å². The zero-order valence-corrected chi connectivity index (χ0v) is 12.5. The van der Waals surface area contributed by atoms with Gasteiger partial charge in [0.1, 0.15) is 17.4 Å². The Balaban J connectivity index is 2.14. The first-order valence-corrected chi connectivity index (χ1v) is 7.35. The molecule has 2 aromatic carbocycles. The molecule has 0 aromatic heterocycles. The van der Waals surface area contributed by atoms with Gasteiger partial charge in [-0.05, 0) is 42.7 Å². The van der Waals surface area contributed by atoms with E-state index in [0.29, 0.717) is 12.4 Å². The highest BCUT2D eigenvalue weighted by Gasteiger charge is 2.16. The minimum absolute atomic E-state index is 0.0115. The van der Waals surface area contributed by atoms with Crippen LogP contribution >= 0.6 is 11.6 Å². The van der Waals surface area contributed by atoms with Crippen LogP contribution in [0.3, 0.4) is 0 Å². The molecular formula is C17H17ClF2O. The van der Waals surface area contributed by atoms with Crippen LogP contribution in [0.4, 0.5) is 8.78 Å². The van der Waals surface area contributed by atoms with Crippen LogP contribution in [-0.2, 0) is 6.42 Å². The molecule has 1 unspecified atom stereocenters. The van der Waals surface area contributed by atoms with Crippen molar-refractivity contribution in [1.29, 1.82) is 0 Å². The fourth-order valence-electron chi connectivity index (χ4n) is 2.04. The molecule has 0 amide bonds. The van der Waals surface area contributed by atoms with Gasteiger partial charge in [0.05, 0.1) is 12.0 Å². The first kappa shape index (κ1) is 15.8. The van der Waals surface area contributed by atoms with Crippen LogP contribution < -0.4 is 4.74 Å². The lowest BCUT2D eigenvalue weighted by molar-refractivity contribution is 0.317. The van der Waals surface area contributed by atoms with E-state index in [1.807, 2.05) is 31.2 Å². The molecule has 0 N–H and O–H groups in total. The van der Waals surface area contributed by atoms with Crippen LogP contribution in [0.25, 0.3) is 0 Å². The van der Waals surface area contributed by atoms with Gasteiger partial charge in [0, 0.05) is 5.56 Å². The first-order chi connectivity index (χ1) is 10.1. The Hall–Kier alpha value is -1.61. The SMILES string of the molecule is CCCOc1cccc(C(Cl)Cc2c(F)cccc2F)c1. The summed E-state index contributed by atoms with van der Waals surface area (Å²) in [7, 11) is 0. The highest BCUT2D eigenvalue weighted by atomic mass is 35.5. The van der Waals surface area contributed by atoms with Crippen LogP contribution in [0.5, 0.6) is 5.75 Å². The average Bonchev–Trinajstić information content (AvgIpc) is 2.49. The number of hydrogen-bond donors (Lipinski definition) is 0. The number of halogens is 3. The molecule has 0 saturated heterocycles. The van der Waals surface area contributed by atoms with Gasteiger partial charge in [-0.1, -0.05) is 25.1 Å². The summed E-state index contributed by atoms with van der Waals surface area (Å²) in [5, 5.41) is -0.512. The molecule has 1 atom stereocenters. The Labute approximate surface area is 128 Å². The molecule has 0 bridgehead atoms. The zero-order chi connectivity index (χ0) is 15.2. The summed E-state index contributed by atoms with van der Waals surface area (Å²) < 4.78 is 32.8. The third kappa shape index (κ3) is 4.18. The van der Waals surface area contributed by atoms with E-state index in [2.05, 4.69) is 0 Å². The molecule has 0 saturated carbocycles. The van der Waals surface area contributed by atoms with Crippen molar-refractivity contribution in [1.82, 2.24) is 0 Å². The maximum Gasteiger partial charge on any atom is 0.129 e. The number of ether oxygens (including phenoxy) is 1. The van der Waals surface area contributed by atoms with E-state index in [0.717, 1.165) is 12.0 Å². The molecule has 0 heterocycles. The van der Waals surface area contributed by atoms with E-state index >= 15 is 0 Å². The Morgan fingerprint density at radius 2 is 1.76 bits per heavy atom. The lowest BCUT2D eigenvalue weighted by Gasteiger charge is -2.13. The molecule has 0 aliphatic heterocycles. The van der Waals surface area contributed by atoms with Gasteiger partial charge in [-0.25, -0.2) is 8.78 Å². The molecule has 2 aromatic rings. The quantitative estimate of drug-likeness (QED) is 0.660. The van der Waals surface area contributed by atoms with Crippen molar-refractivity contribution in [2.24, 2.45) is 0 Å². The average molecular weight is 311 g/mol. The van der Waals surface area contributed by atoms with Crippen molar-refractivity contribution < 1.29 is 13.5 Å². The molecule has 0 spiro atoms.